The van der Waals surface area contributed by atoms with E-state index in [1.165, 1.54) is 18.2 Å². The molecule has 4 N–H and O–H groups in total. The van der Waals surface area contributed by atoms with E-state index in [9.17, 15) is 30.2 Å². The minimum Gasteiger partial charge on any atom is -0.479 e. The van der Waals surface area contributed by atoms with E-state index < -0.39 is 47.3 Å². The summed E-state index contributed by atoms with van der Waals surface area (Å²) in [6, 6.07) is 5.19. The largest absolute Gasteiger partial charge is 0.479 e. The van der Waals surface area contributed by atoms with Crippen LogP contribution in [0.1, 0.15) is 0 Å². The van der Waals surface area contributed by atoms with Crippen LogP contribution in [0, 0.1) is 10.1 Å². The normalized spacial score (nSPS) is 30.1. The van der Waals surface area contributed by atoms with Crippen LogP contribution in [0.25, 0.3) is 0 Å². The number of aliphatic hydroxyl groups excluding tert-OH is 3. The number of aliphatic carboxylic acids is 1. The van der Waals surface area contributed by atoms with Crippen molar-refractivity contribution in [2.75, 3.05) is 0 Å². The Labute approximate surface area is 172 Å². The molecule has 23 heavy (non-hydrogen) atoms. The third-order valence-electron chi connectivity index (χ3n) is 3.12. The Kier molecular flexibility index (Phi) is 7.51. The van der Waals surface area contributed by atoms with Gasteiger partial charge in [-0.25, -0.2) is 4.79 Å². The van der Waals surface area contributed by atoms with Crippen LogP contribution in [0.3, 0.4) is 0 Å². The topological polar surface area (TPSA) is 160 Å². The van der Waals surface area contributed by atoms with Gasteiger partial charge in [-0.1, -0.05) is 12.1 Å². The van der Waals surface area contributed by atoms with Gasteiger partial charge in [-0.15, -0.1) is 0 Å². The van der Waals surface area contributed by atoms with Gasteiger partial charge in [0.25, 0.3) is 0 Å². The summed E-state index contributed by atoms with van der Waals surface area (Å²) < 4.78 is 9.99. The van der Waals surface area contributed by atoms with Crippen molar-refractivity contribution in [3.63, 3.8) is 0 Å². The first kappa shape index (κ1) is 20.4. The van der Waals surface area contributed by atoms with Gasteiger partial charge in [-0.2, -0.15) is 0 Å². The predicted octanol–water partition coefficient (Wildman–Crippen LogP) is -1.52. The maximum Gasteiger partial charge on any atom is 0.335 e. The Bertz CT molecular complexity index is 583. The maximum atomic E-state index is 10.9. The van der Waals surface area contributed by atoms with Gasteiger partial charge in [0, 0.05) is 57.5 Å². The molecule has 0 amide bonds. The van der Waals surface area contributed by atoms with E-state index in [0.717, 1.165) is 6.07 Å². The molecule has 0 saturated carbocycles. The SMILES string of the molecule is O=C(O)[C@H]1O[C@@H](Oc2ccccc2[N+](=O)[O-])[C@H](O)[C@@H](O)[C@@H]1O.[K]. The van der Waals surface area contributed by atoms with E-state index in [2.05, 4.69) is 0 Å². The minimum absolute atomic E-state index is 0. The number of nitro benzene ring substituents is 1. The van der Waals surface area contributed by atoms with E-state index in [1.807, 2.05) is 0 Å². The zero-order valence-corrected chi connectivity index (χ0v) is 15.1. The van der Waals surface area contributed by atoms with Gasteiger partial charge >= 0.3 is 11.7 Å². The van der Waals surface area contributed by atoms with Crippen molar-refractivity contribution in [1.82, 2.24) is 0 Å². The van der Waals surface area contributed by atoms with Crippen LogP contribution < -0.4 is 4.74 Å². The van der Waals surface area contributed by atoms with Crippen molar-refractivity contribution in [3.05, 3.63) is 34.4 Å². The molecule has 5 atom stereocenters. The summed E-state index contributed by atoms with van der Waals surface area (Å²) >= 11 is 0. The number of hydrogen-bond donors (Lipinski definition) is 4. The summed E-state index contributed by atoms with van der Waals surface area (Å²) in [5, 5.41) is 48.7. The summed E-state index contributed by atoms with van der Waals surface area (Å²) in [4.78, 5) is 21.1. The summed E-state index contributed by atoms with van der Waals surface area (Å²) in [7, 11) is 0. The molecule has 11 heteroatoms. The Balaban J connectivity index is 0.00000264. The predicted molar refractivity (Wildman–Crippen MR) is 73.8 cm³/mol. The number of aliphatic hydroxyl groups is 3. The van der Waals surface area contributed by atoms with Gasteiger partial charge in [-0.3, -0.25) is 10.1 Å². The van der Waals surface area contributed by atoms with E-state index in [4.69, 9.17) is 14.6 Å². The number of nitrogens with zero attached hydrogens (tertiary/aromatic N) is 1. The number of carboxylic acid groups (broad SMARTS) is 1. The first-order valence-electron chi connectivity index (χ1n) is 6.15. The fourth-order valence-corrected chi connectivity index (χ4v) is 1.98. The number of benzene rings is 1. The number of carbonyl (C=O) groups is 1. The van der Waals surface area contributed by atoms with Crippen molar-refractivity contribution >= 4 is 63.0 Å². The van der Waals surface area contributed by atoms with E-state index in [0.29, 0.717) is 0 Å². The Hall–Kier alpha value is -0.634. The fourth-order valence-electron chi connectivity index (χ4n) is 1.98. The molecule has 0 unspecified atom stereocenters. The van der Waals surface area contributed by atoms with E-state index in [-0.39, 0.29) is 57.1 Å². The Morgan fingerprint density at radius 3 is 2.35 bits per heavy atom. The molecule has 0 aromatic heterocycles. The molecule has 1 radical (unpaired) electrons. The molecule has 1 aliphatic rings. The van der Waals surface area contributed by atoms with Crippen molar-refractivity contribution in [1.29, 1.82) is 0 Å². The fraction of sp³-hybridized carbons (Fsp3) is 0.417. The summed E-state index contributed by atoms with van der Waals surface area (Å²) in [6.07, 6.45) is -9.03. The first-order valence-corrected chi connectivity index (χ1v) is 6.15. The summed E-state index contributed by atoms with van der Waals surface area (Å²) in [6.45, 7) is 0. The molecule has 0 aliphatic carbocycles. The average molecular weight is 354 g/mol. The van der Waals surface area contributed by atoms with Crippen molar-refractivity contribution < 1.29 is 39.6 Å². The van der Waals surface area contributed by atoms with Crippen LogP contribution in [-0.2, 0) is 9.53 Å². The monoisotopic (exact) mass is 354 g/mol. The quantitative estimate of drug-likeness (QED) is 0.286. The number of ether oxygens (including phenoxy) is 2. The van der Waals surface area contributed by atoms with Crippen molar-refractivity contribution in [3.8, 4) is 5.75 Å². The molecule has 0 spiro atoms. The molecule has 1 heterocycles. The van der Waals surface area contributed by atoms with Gasteiger partial charge in [0.2, 0.25) is 6.29 Å². The van der Waals surface area contributed by atoms with Gasteiger partial charge in [0.15, 0.2) is 11.9 Å². The van der Waals surface area contributed by atoms with Crippen LogP contribution in [0.4, 0.5) is 5.69 Å². The third kappa shape index (κ3) is 4.46. The van der Waals surface area contributed by atoms with Crippen LogP contribution in [0.5, 0.6) is 5.75 Å². The summed E-state index contributed by atoms with van der Waals surface area (Å²) in [5.41, 5.74) is -0.425. The molecular weight excluding hydrogens is 341 g/mol. The smallest absolute Gasteiger partial charge is 0.335 e. The van der Waals surface area contributed by atoms with Crippen LogP contribution in [-0.4, -0.2) is 113 Å². The molecular formula is C12H13KNO9. The number of nitro groups is 1. The second-order valence-electron chi connectivity index (χ2n) is 4.58. The van der Waals surface area contributed by atoms with Crippen molar-refractivity contribution in [2.24, 2.45) is 0 Å². The van der Waals surface area contributed by atoms with Gasteiger partial charge in [0.1, 0.15) is 18.3 Å². The summed E-state index contributed by atoms with van der Waals surface area (Å²) in [5.74, 6) is -1.85. The van der Waals surface area contributed by atoms with Crippen LogP contribution >= 0.6 is 0 Å². The molecule has 1 aromatic carbocycles. The molecule has 1 saturated heterocycles. The zero-order chi connectivity index (χ0) is 16.4. The second-order valence-corrected chi connectivity index (χ2v) is 4.58. The number of para-hydroxylation sites is 2. The molecule has 0 bridgehead atoms. The van der Waals surface area contributed by atoms with E-state index in [1.54, 1.807) is 0 Å². The van der Waals surface area contributed by atoms with E-state index >= 15 is 0 Å². The zero-order valence-electron chi connectivity index (χ0n) is 12.0. The number of rotatable bonds is 4. The number of carboxylic acids is 1. The van der Waals surface area contributed by atoms with Gasteiger partial charge in [0.05, 0.1) is 4.92 Å². The van der Waals surface area contributed by atoms with Crippen LogP contribution in [0.2, 0.25) is 0 Å². The molecule has 2 rings (SSSR count). The van der Waals surface area contributed by atoms with Gasteiger partial charge in [-0.05, 0) is 6.07 Å². The average Bonchev–Trinajstić information content (AvgIpc) is 2.47. The Morgan fingerprint density at radius 2 is 1.78 bits per heavy atom. The molecule has 10 nitrogen and oxygen atoms in total. The maximum absolute atomic E-state index is 10.9. The molecule has 1 aliphatic heterocycles. The standard InChI is InChI=1S/C12H13NO9.K/c14-7-8(15)10(11(17)18)22-12(9(7)16)21-6-4-2-1-3-5(6)13(19)20;/h1-4,7-10,12,14-16H,(H,17,18);/t7-,8-,9+,10-,12+;/m0./s1. The first-order chi connectivity index (χ1) is 10.3. The minimum atomic E-state index is -1.86. The van der Waals surface area contributed by atoms with Crippen molar-refractivity contribution in [2.45, 2.75) is 30.7 Å². The third-order valence-corrected chi connectivity index (χ3v) is 3.12. The molecule has 1 aromatic rings. The van der Waals surface area contributed by atoms with Crippen LogP contribution in [0.15, 0.2) is 24.3 Å². The molecule has 1 fully saturated rings. The molecule has 121 valence electrons. The number of hydrogen-bond acceptors (Lipinski definition) is 8. The Morgan fingerprint density at radius 1 is 1.17 bits per heavy atom. The second kappa shape index (κ2) is 8.46. The van der Waals surface area contributed by atoms with Gasteiger partial charge < -0.3 is 29.9 Å².